The fourth-order valence-electron chi connectivity index (χ4n) is 3.22. The van der Waals surface area contributed by atoms with Crippen LogP contribution in [-0.2, 0) is 19.5 Å². The van der Waals surface area contributed by atoms with Gasteiger partial charge in [0.1, 0.15) is 5.69 Å². The Hall–Kier alpha value is -2.70. The van der Waals surface area contributed by atoms with Crippen LogP contribution in [0.15, 0.2) is 24.5 Å². The summed E-state index contributed by atoms with van der Waals surface area (Å²) in [5.41, 5.74) is 2.15. The fraction of sp³-hybridized carbons (Fsp3) is 0.500. The van der Waals surface area contributed by atoms with Crippen LogP contribution in [0.1, 0.15) is 65.5 Å². The van der Waals surface area contributed by atoms with E-state index in [4.69, 9.17) is 0 Å². The molecule has 144 valence electrons. The normalized spacial score (nSPS) is 13.3. The van der Waals surface area contributed by atoms with E-state index in [0.717, 1.165) is 43.5 Å². The molecule has 0 unspecified atom stereocenters. The van der Waals surface area contributed by atoms with Gasteiger partial charge in [-0.25, -0.2) is 4.98 Å². The Morgan fingerprint density at radius 1 is 1.22 bits per heavy atom. The molecule has 0 saturated heterocycles. The van der Waals surface area contributed by atoms with Gasteiger partial charge in [0.25, 0.3) is 11.8 Å². The van der Waals surface area contributed by atoms with Crippen LogP contribution < -0.4 is 10.6 Å². The van der Waals surface area contributed by atoms with Gasteiger partial charge in [0.2, 0.25) is 0 Å². The first-order valence-electron chi connectivity index (χ1n) is 9.61. The second kappa shape index (κ2) is 8.79. The van der Waals surface area contributed by atoms with E-state index in [0.29, 0.717) is 30.5 Å². The van der Waals surface area contributed by atoms with Crippen molar-refractivity contribution in [3.8, 4) is 0 Å². The molecule has 27 heavy (non-hydrogen) atoms. The topological polar surface area (TPSA) is 88.9 Å². The molecule has 1 aliphatic rings. The highest BCUT2D eigenvalue weighted by atomic mass is 16.2. The fourth-order valence-corrected chi connectivity index (χ4v) is 3.22. The largest absolute Gasteiger partial charge is 0.349 e. The molecule has 7 nitrogen and oxygen atoms in total. The van der Waals surface area contributed by atoms with Gasteiger partial charge in [0.15, 0.2) is 5.82 Å². The van der Waals surface area contributed by atoms with E-state index < -0.39 is 0 Å². The standard InChI is InChI=1S/C20H27N5O2/c1-14(2)8-10-22-20(27)18-24-17(16-7-3-4-11-25(16)18)19(26)23-13-15-6-5-9-21-12-15/h5-6,9,12,14H,3-4,7-8,10-11,13H2,1-2H3,(H,22,27)(H,23,26). The minimum atomic E-state index is -0.245. The predicted molar refractivity (Wildman–Crippen MR) is 102 cm³/mol. The number of aromatic nitrogens is 3. The van der Waals surface area contributed by atoms with Crippen LogP contribution in [0.2, 0.25) is 0 Å². The molecule has 0 aromatic carbocycles. The summed E-state index contributed by atoms with van der Waals surface area (Å²) in [6.45, 7) is 5.96. The Morgan fingerprint density at radius 2 is 2.07 bits per heavy atom. The summed E-state index contributed by atoms with van der Waals surface area (Å²) >= 11 is 0. The summed E-state index contributed by atoms with van der Waals surface area (Å²) in [5, 5.41) is 5.82. The first-order valence-corrected chi connectivity index (χ1v) is 9.61. The van der Waals surface area contributed by atoms with E-state index in [-0.39, 0.29) is 11.8 Å². The Bertz CT molecular complexity index is 798. The molecule has 7 heteroatoms. The van der Waals surface area contributed by atoms with Crippen molar-refractivity contribution in [1.82, 2.24) is 25.2 Å². The summed E-state index contributed by atoms with van der Waals surface area (Å²) in [4.78, 5) is 33.7. The van der Waals surface area contributed by atoms with Gasteiger partial charge in [-0.1, -0.05) is 19.9 Å². The highest BCUT2D eigenvalue weighted by Crippen LogP contribution is 2.21. The summed E-state index contributed by atoms with van der Waals surface area (Å²) in [5.74, 6) is 0.420. The smallest absolute Gasteiger partial charge is 0.287 e. The Balaban J connectivity index is 1.74. The van der Waals surface area contributed by atoms with Crippen molar-refractivity contribution in [2.45, 2.75) is 52.6 Å². The quantitative estimate of drug-likeness (QED) is 0.784. The average molecular weight is 369 g/mol. The molecule has 0 radical (unpaired) electrons. The monoisotopic (exact) mass is 369 g/mol. The number of pyridine rings is 1. The zero-order valence-electron chi connectivity index (χ0n) is 16.0. The molecule has 0 atom stereocenters. The van der Waals surface area contributed by atoms with E-state index in [2.05, 4.69) is 34.4 Å². The van der Waals surface area contributed by atoms with Crippen LogP contribution in [0, 0.1) is 5.92 Å². The molecule has 2 amide bonds. The number of nitrogens with one attached hydrogen (secondary N) is 2. The van der Waals surface area contributed by atoms with Crippen LogP contribution >= 0.6 is 0 Å². The third-order valence-corrected chi connectivity index (χ3v) is 4.72. The highest BCUT2D eigenvalue weighted by molar-refractivity contribution is 5.97. The molecule has 0 saturated carbocycles. The first-order chi connectivity index (χ1) is 13.1. The summed E-state index contributed by atoms with van der Waals surface area (Å²) in [7, 11) is 0. The Labute approximate surface area is 159 Å². The molecule has 0 fully saturated rings. The molecule has 2 aromatic heterocycles. The maximum Gasteiger partial charge on any atom is 0.287 e. The number of carbonyl (C=O) groups excluding carboxylic acids is 2. The van der Waals surface area contributed by atoms with Gasteiger partial charge >= 0.3 is 0 Å². The van der Waals surface area contributed by atoms with E-state index >= 15 is 0 Å². The minimum Gasteiger partial charge on any atom is -0.349 e. The van der Waals surface area contributed by atoms with Crippen molar-refractivity contribution in [2.24, 2.45) is 5.92 Å². The van der Waals surface area contributed by atoms with Crippen LogP contribution in [0.3, 0.4) is 0 Å². The molecule has 0 spiro atoms. The van der Waals surface area contributed by atoms with Crippen molar-refractivity contribution in [1.29, 1.82) is 0 Å². The molecule has 3 rings (SSSR count). The number of nitrogens with zero attached hydrogens (tertiary/aromatic N) is 3. The number of hydrogen-bond donors (Lipinski definition) is 2. The van der Waals surface area contributed by atoms with Gasteiger partial charge < -0.3 is 15.2 Å². The third kappa shape index (κ3) is 4.72. The SMILES string of the molecule is CC(C)CCNC(=O)c1nc(C(=O)NCc2cccnc2)c2n1CCCC2. The average Bonchev–Trinajstić information content (AvgIpc) is 3.06. The number of hydrogen-bond acceptors (Lipinski definition) is 4. The molecule has 2 N–H and O–H groups in total. The Morgan fingerprint density at radius 3 is 2.81 bits per heavy atom. The molecule has 1 aliphatic heterocycles. The molecule has 0 bridgehead atoms. The van der Waals surface area contributed by atoms with Crippen molar-refractivity contribution in [3.05, 3.63) is 47.3 Å². The van der Waals surface area contributed by atoms with Gasteiger partial charge in [-0.2, -0.15) is 0 Å². The molecular weight excluding hydrogens is 342 g/mol. The first kappa shape index (κ1) is 19.1. The lowest BCUT2D eigenvalue weighted by atomic mass is 10.1. The van der Waals surface area contributed by atoms with Crippen molar-refractivity contribution in [3.63, 3.8) is 0 Å². The predicted octanol–water partition coefficient (Wildman–Crippen LogP) is 2.32. The van der Waals surface area contributed by atoms with Crippen LogP contribution in [0.4, 0.5) is 0 Å². The minimum absolute atomic E-state index is 0.204. The lowest BCUT2D eigenvalue weighted by Crippen LogP contribution is -2.29. The van der Waals surface area contributed by atoms with Crippen LogP contribution in [0.5, 0.6) is 0 Å². The number of carbonyl (C=O) groups is 2. The van der Waals surface area contributed by atoms with Gasteiger partial charge in [0, 0.05) is 32.0 Å². The molecule has 3 heterocycles. The van der Waals surface area contributed by atoms with Gasteiger partial charge in [-0.3, -0.25) is 14.6 Å². The number of amides is 2. The second-order valence-electron chi connectivity index (χ2n) is 7.32. The number of imidazole rings is 1. The summed E-state index contributed by atoms with van der Waals surface area (Å²) < 4.78 is 1.91. The lowest BCUT2D eigenvalue weighted by Gasteiger charge is -2.17. The van der Waals surface area contributed by atoms with E-state index in [1.807, 2.05) is 16.7 Å². The van der Waals surface area contributed by atoms with E-state index in [1.54, 1.807) is 12.4 Å². The molecule has 2 aromatic rings. The van der Waals surface area contributed by atoms with Gasteiger partial charge in [-0.15, -0.1) is 0 Å². The summed E-state index contributed by atoms with van der Waals surface area (Å²) in [6.07, 6.45) is 7.09. The van der Waals surface area contributed by atoms with Gasteiger partial charge in [0.05, 0.1) is 5.69 Å². The summed E-state index contributed by atoms with van der Waals surface area (Å²) in [6, 6.07) is 3.74. The van der Waals surface area contributed by atoms with Crippen molar-refractivity contribution < 1.29 is 9.59 Å². The number of fused-ring (bicyclic) bond motifs is 1. The molecule has 0 aliphatic carbocycles. The third-order valence-electron chi connectivity index (χ3n) is 4.72. The Kier molecular flexibility index (Phi) is 6.21. The maximum absolute atomic E-state index is 12.7. The van der Waals surface area contributed by atoms with Crippen molar-refractivity contribution >= 4 is 11.8 Å². The second-order valence-corrected chi connectivity index (χ2v) is 7.32. The van der Waals surface area contributed by atoms with Crippen LogP contribution in [-0.4, -0.2) is 32.9 Å². The lowest BCUT2D eigenvalue weighted by molar-refractivity contribution is 0.0936. The zero-order chi connectivity index (χ0) is 19.2. The van der Waals surface area contributed by atoms with Crippen molar-refractivity contribution in [2.75, 3.05) is 6.54 Å². The van der Waals surface area contributed by atoms with Gasteiger partial charge in [-0.05, 0) is 43.2 Å². The van der Waals surface area contributed by atoms with E-state index in [9.17, 15) is 9.59 Å². The van der Waals surface area contributed by atoms with Crippen LogP contribution in [0.25, 0.3) is 0 Å². The van der Waals surface area contributed by atoms with E-state index in [1.165, 1.54) is 0 Å². The maximum atomic E-state index is 12.7. The highest BCUT2D eigenvalue weighted by Gasteiger charge is 2.27. The number of rotatable bonds is 7. The zero-order valence-corrected chi connectivity index (χ0v) is 16.0. The molecular formula is C20H27N5O2.